The number of ketones is 1. The molecular weight excluding hydrogens is 338 g/mol. The van der Waals surface area contributed by atoms with Crippen molar-refractivity contribution < 1.29 is 29.7 Å². The van der Waals surface area contributed by atoms with Crippen molar-refractivity contribution in [1.82, 2.24) is 4.90 Å². The number of amides is 1. The zero-order valence-electron chi connectivity index (χ0n) is 15.6. The van der Waals surface area contributed by atoms with Gasteiger partial charge in [-0.05, 0) is 18.4 Å². The number of likely N-dealkylation sites (N-methyl/N-ethyl adjacent to an activating group) is 1. The molecule has 1 rings (SSSR count). The van der Waals surface area contributed by atoms with Crippen molar-refractivity contribution in [3.05, 3.63) is 35.6 Å². The first-order chi connectivity index (χ1) is 12.1. The van der Waals surface area contributed by atoms with Gasteiger partial charge in [0.25, 0.3) is 5.91 Å². The van der Waals surface area contributed by atoms with E-state index in [1.54, 1.807) is 6.08 Å². The van der Waals surface area contributed by atoms with E-state index < -0.39 is 53.0 Å². The quantitative estimate of drug-likeness (QED) is 0.262. The van der Waals surface area contributed by atoms with E-state index in [0.29, 0.717) is 0 Å². The van der Waals surface area contributed by atoms with Crippen LogP contribution in [0.1, 0.15) is 40.0 Å². The van der Waals surface area contributed by atoms with Crippen molar-refractivity contribution in [3.8, 4) is 0 Å². The molecule has 1 aliphatic rings. The van der Waals surface area contributed by atoms with Gasteiger partial charge < -0.3 is 20.2 Å². The van der Waals surface area contributed by atoms with Crippen molar-refractivity contribution >= 4 is 17.7 Å². The molecule has 144 valence electrons. The van der Waals surface area contributed by atoms with Crippen molar-refractivity contribution in [2.75, 3.05) is 7.05 Å². The number of carbonyl (C=O) groups excluding carboxylic acids is 2. The highest BCUT2D eigenvalue weighted by Gasteiger charge is 2.50. The molecule has 1 fully saturated rings. The molecule has 1 saturated heterocycles. The molecule has 0 aromatic rings. The van der Waals surface area contributed by atoms with Gasteiger partial charge >= 0.3 is 5.97 Å². The predicted octanol–water partition coefficient (Wildman–Crippen LogP) is 1.98. The second-order valence-corrected chi connectivity index (χ2v) is 6.72. The average Bonchev–Trinajstić information content (AvgIpc) is 2.77. The van der Waals surface area contributed by atoms with Gasteiger partial charge in [-0.25, -0.2) is 4.79 Å². The summed E-state index contributed by atoms with van der Waals surface area (Å²) >= 11 is 0. The summed E-state index contributed by atoms with van der Waals surface area (Å²) in [5.74, 6) is -3.99. The van der Waals surface area contributed by atoms with Gasteiger partial charge in [0.15, 0.2) is 11.4 Å². The van der Waals surface area contributed by atoms with Crippen LogP contribution in [0.3, 0.4) is 0 Å². The van der Waals surface area contributed by atoms with E-state index in [1.165, 1.54) is 33.0 Å². The second-order valence-electron chi connectivity index (χ2n) is 6.72. The lowest BCUT2D eigenvalue weighted by Crippen LogP contribution is -2.49. The maximum atomic E-state index is 12.6. The number of carboxylic acid groups (broad SMARTS) is 1. The Morgan fingerprint density at radius 1 is 1.27 bits per heavy atom. The van der Waals surface area contributed by atoms with Crippen LogP contribution in [-0.4, -0.2) is 56.6 Å². The summed E-state index contributed by atoms with van der Waals surface area (Å²) < 4.78 is 0. The molecule has 7 nitrogen and oxygen atoms in total. The predicted molar refractivity (Wildman–Crippen MR) is 96.4 cm³/mol. The third-order valence-electron chi connectivity index (χ3n) is 4.59. The van der Waals surface area contributed by atoms with E-state index in [2.05, 4.69) is 0 Å². The SMILES string of the molecule is CCC/C=C/C=C/C(O)=C1\C(=O)C(CC(O)(C(=O)O)C(C)C)N(C)C1=O. The maximum Gasteiger partial charge on any atom is 0.336 e. The monoisotopic (exact) mass is 365 g/mol. The van der Waals surface area contributed by atoms with Crippen LogP contribution in [0.25, 0.3) is 0 Å². The fraction of sp³-hybridized carbons (Fsp3) is 0.526. The van der Waals surface area contributed by atoms with E-state index in [0.717, 1.165) is 17.7 Å². The Kier molecular flexibility index (Phi) is 7.32. The van der Waals surface area contributed by atoms with Gasteiger partial charge in [-0.3, -0.25) is 9.59 Å². The molecule has 7 heteroatoms. The van der Waals surface area contributed by atoms with Gasteiger partial charge in [0.05, 0.1) is 6.04 Å². The molecule has 2 atom stereocenters. The summed E-state index contributed by atoms with van der Waals surface area (Å²) in [5, 5.41) is 29.8. The molecule has 0 spiro atoms. The standard InChI is InChI=1S/C19H27NO6/c1-5-6-7-8-9-10-14(21)15-16(22)13(20(4)17(15)23)11-19(26,12(2)3)18(24)25/h7-10,12-13,21,26H,5-6,11H2,1-4H3,(H,24,25)/b8-7+,10-9+,15-14-. The van der Waals surface area contributed by atoms with Crippen molar-refractivity contribution in [1.29, 1.82) is 0 Å². The Morgan fingerprint density at radius 2 is 1.88 bits per heavy atom. The normalized spacial score (nSPS) is 22.7. The topological polar surface area (TPSA) is 115 Å². The van der Waals surface area contributed by atoms with Crippen LogP contribution in [0.15, 0.2) is 35.6 Å². The average molecular weight is 365 g/mol. The Balaban J connectivity index is 3.12. The number of aliphatic hydroxyl groups is 2. The Labute approximate surface area is 153 Å². The highest BCUT2D eigenvalue weighted by molar-refractivity contribution is 6.27. The molecule has 0 aromatic carbocycles. The van der Waals surface area contributed by atoms with Crippen LogP contribution in [-0.2, 0) is 14.4 Å². The fourth-order valence-corrected chi connectivity index (χ4v) is 2.67. The third-order valence-corrected chi connectivity index (χ3v) is 4.59. The summed E-state index contributed by atoms with van der Waals surface area (Å²) in [6, 6.07) is -1.15. The van der Waals surface area contributed by atoms with Crippen LogP contribution in [0, 0.1) is 5.92 Å². The summed E-state index contributed by atoms with van der Waals surface area (Å²) in [7, 11) is 1.35. The summed E-state index contributed by atoms with van der Waals surface area (Å²) in [6.45, 7) is 5.07. The van der Waals surface area contributed by atoms with Gasteiger partial charge in [-0.15, -0.1) is 0 Å². The number of rotatable bonds is 8. The first-order valence-corrected chi connectivity index (χ1v) is 8.61. The number of carboxylic acids is 1. The van der Waals surface area contributed by atoms with Gasteiger partial charge in [0, 0.05) is 13.5 Å². The first kappa shape index (κ1) is 21.6. The Morgan fingerprint density at radius 3 is 2.38 bits per heavy atom. The van der Waals surface area contributed by atoms with E-state index in [9.17, 15) is 29.7 Å². The van der Waals surface area contributed by atoms with Gasteiger partial charge in [-0.1, -0.05) is 45.4 Å². The molecule has 2 unspecified atom stereocenters. The zero-order valence-corrected chi connectivity index (χ0v) is 15.6. The van der Waals surface area contributed by atoms with Crippen LogP contribution in [0.2, 0.25) is 0 Å². The molecule has 3 N–H and O–H groups in total. The van der Waals surface area contributed by atoms with Crippen LogP contribution in [0.5, 0.6) is 0 Å². The van der Waals surface area contributed by atoms with E-state index in [1.807, 2.05) is 13.0 Å². The van der Waals surface area contributed by atoms with Crippen LogP contribution < -0.4 is 0 Å². The van der Waals surface area contributed by atoms with Gasteiger partial charge in [-0.2, -0.15) is 0 Å². The number of hydrogen-bond donors (Lipinski definition) is 3. The molecule has 0 saturated carbocycles. The van der Waals surface area contributed by atoms with Crippen molar-refractivity contribution in [3.63, 3.8) is 0 Å². The number of aliphatic carboxylic acids is 1. The number of aliphatic hydroxyl groups excluding tert-OH is 1. The molecule has 0 bridgehead atoms. The number of unbranched alkanes of at least 4 members (excludes halogenated alkanes) is 1. The highest BCUT2D eigenvalue weighted by Crippen LogP contribution is 2.31. The Bertz CT molecular complexity index is 661. The lowest BCUT2D eigenvalue weighted by Gasteiger charge is -2.31. The molecule has 1 heterocycles. The number of Topliss-reactive ketones (excluding diaryl/α,β-unsaturated/α-hetero) is 1. The molecular formula is C19H27NO6. The second kappa shape index (κ2) is 8.80. The molecule has 1 aliphatic heterocycles. The molecule has 0 radical (unpaired) electrons. The Hall–Kier alpha value is -2.41. The van der Waals surface area contributed by atoms with Gasteiger partial charge in [0.1, 0.15) is 11.3 Å². The smallest absolute Gasteiger partial charge is 0.336 e. The van der Waals surface area contributed by atoms with E-state index in [4.69, 9.17) is 0 Å². The van der Waals surface area contributed by atoms with E-state index in [-0.39, 0.29) is 0 Å². The number of carbonyl (C=O) groups is 3. The largest absolute Gasteiger partial charge is 0.507 e. The summed E-state index contributed by atoms with van der Waals surface area (Å²) in [5.41, 5.74) is -2.55. The molecule has 1 amide bonds. The molecule has 0 aliphatic carbocycles. The molecule has 0 aromatic heterocycles. The van der Waals surface area contributed by atoms with E-state index >= 15 is 0 Å². The minimum absolute atomic E-state index is 0.394. The third kappa shape index (κ3) is 4.40. The van der Waals surface area contributed by atoms with Gasteiger partial charge in [0.2, 0.25) is 0 Å². The number of hydrogen-bond acceptors (Lipinski definition) is 5. The fourth-order valence-electron chi connectivity index (χ4n) is 2.67. The number of allylic oxidation sites excluding steroid dienone is 4. The zero-order chi connectivity index (χ0) is 20.1. The van der Waals surface area contributed by atoms with Crippen LogP contribution in [0.4, 0.5) is 0 Å². The van der Waals surface area contributed by atoms with Crippen LogP contribution >= 0.6 is 0 Å². The lowest BCUT2D eigenvalue weighted by atomic mass is 9.83. The van der Waals surface area contributed by atoms with Crippen molar-refractivity contribution in [2.45, 2.75) is 51.7 Å². The number of nitrogens with zero attached hydrogens (tertiary/aromatic N) is 1. The maximum absolute atomic E-state index is 12.6. The summed E-state index contributed by atoms with van der Waals surface area (Å²) in [4.78, 5) is 37.4. The highest BCUT2D eigenvalue weighted by atomic mass is 16.4. The molecule has 26 heavy (non-hydrogen) atoms. The first-order valence-electron chi connectivity index (χ1n) is 8.61. The minimum Gasteiger partial charge on any atom is -0.507 e. The minimum atomic E-state index is -2.15. The number of likely N-dealkylation sites (tertiary alicyclic amines) is 1. The van der Waals surface area contributed by atoms with Crippen molar-refractivity contribution in [2.24, 2.45) is 5.92 Å². The summed E-state index contributed by atoms with van der Waals surface area (Å²) in [6.07, 6.45) is 7.76. The lowest BCUT2D eigenvalue weighted by molar-refractivity contribution is -0.166.